The van der Waals surface area contributed by atoms with E-state index in [4.69, 9.17) is 0 Å². The molecule has 0 amide bonds. The summed E-state index contributed by atoms with van der Waals surface area (Å²) in [5, 5.41) is 2.87. The number of hydrogen-bond acceptors (Lipinski definition) is 2. The number of halogens is 2. The van der Waals surface area contributed by atoms with E-state index in [1.165, 1.54) is 0 Å². The molecule has 0 aliphatic heterocycles. The van der Waals surface area contributed by atoms with Gasteiger partial charge in [0.1, 0.15) is 12.5 Å². The molecule has 1 heterocycles. The predicted molar refractivity (Wildman–Crippen MR) is 51.1 cm³/mol. The van der Waals surface area contributed by atoms with Gasteiger partial charge in [0.25, 0.3) is 0 Å². The number of hydrogen-bond donors (Lipinski definition) is 1. The summed E-state index contributed by atoms with van der Waals surface area (Å²) in [7, 11) is 0. The lowest BCUT2D eigenvalue weighted by molar-refractivity contribution is 0.512. The van der Waals surface area contributed by atoms with Gasteiger partial charge in [0.2, 0.25) is 0 Å². The molecule has 66 valence electrons. The summed E-state index contributed by atoms with van der Waals surface area (Å²) in [6.07, 6.45) is 1.70. The molecule has 1 N–H and O–H groups in total. The predicted octanol–water partition coefficient (Wildman–Crippen LogP) is 2.53. The molecular formula is C8H10BrFN2. The molecule has 0 atom stereocenters. The van der Waals surface area contributed by atoms with Crippen LogP contribution in [-0.4, -0.2) is 18.2 Å². The second-order valence-corrected chi connectivity index (χ2v) is 3.20. The van der Waals surface area contributed by atoms with Crippen LogP contribution in [0, 0.1) is 6.92 Å². The molecule has 0 saturated heterocycles. The van der Waals surface area contributed by atoms with Crippen LogP contribution < -0.4 is 5.32 Å². The van der Waals surface area contributed by atoms with Gasteiger partial charge in [0.05, 0.1) is 4.47 Å². The maximum Gasteiger partial charge on any atom is 0.140 e. The molecule has 1 aromatic heterocycles. The van der Waals surface area contributed by atoms with E-state index in [1.54, 1.807) is 6.20 Å². The lowest BCUT2D eigenvalue weighted by Gasteiger charge is -2.06. The first-order chi connectivity index (χ1) is 5.75. The van der Waals surface area contributed by atoms with Crippen molar-refractivity contribution in [3.8, 4) is 0 Å². The lowest BCUT2D eigenvalue weighted by Crippen LogP contribution is -2.05. The monoisotopic (exact) mass is 232 g/mol. The summed E-state index contributed by atoms with van der Waals surface area (Å²) >= 11 is 3.36. The van der Waals surface area contributed by atoms with Crippen molar-refractivity contribution in [1.29, 1.82) is 0 Å². The Balaban J connectivity index is 2.78. The van der Waals surface area contributed by atoms with E-state index >= 15 is 0 Å². The Hall–Kier alpha value is -0.640. The molecule has 0 bridgehead atoms. The second-order valence-electron chi connectivity index (χ2n) is 2.41. The Morgan fingerprint density at radius 1 is 1.67 bits per heavy atom. The highest BCUT2D eigenvalue weighted by atomic mass is 79.9. The van der Waals surface area contributed by atoms with Crippen LogP contribution >= 0.6 is 15.9 Å². The molecule has 0 spiro atoms. The van der Waals surface area contributed by atoms with E-state index < -0.39 is 0 Å². The molecule has 2 nitrogen and oxygen atoms in total. The molecule has 12 heavy (non-hydrogen) atoms. The van der Waals surface area contributed by atoms with Crippen LogP contribution in [0.25, 0.3) is 0 Å². The van der Waals surface area contributed by atoms with Crippen molar-refractivity contribution in [2.24, 2.45) is 0 Å². The lowest BCUT2D eigenvalue weighted by atomic mass is 10.3. The third kappa shape index (κ3) is 2.17. The van der Waals surface area contributed by atoms with Crippen molar-refractivity contribution >= 4 is 21.7 Å². The van der Waals surface area contributed by atoms with Gasteiger partial charge in [-0.2, -0.15) is 0 Å². The summed E-state index contributed by atoms with van der Waals surface area (Å²) in [5.74, 6) is 0.702. The van der Waals surface area contributed by atoms with Gasteiger partial charge in [-0.05, 0) is 34.5 Å². The van der Waals surface area contributed by atoms with Crippen molar-refractivity contribution in [2.45, 2.75) is 6.92 Å². The molecule has 1 aromatic rings. The number of rotatable bonds is 3. The number of anilines is 1. The molecule has 0 saturated carbocycles. The van der Waals surface area contributed by atoms with E-state index in [1.807, 2.05) is 13.0 Å². The third-order valence-electron chi connectivity index (χ3n) is 1.47. The van der Waals surface area contributed by atoms with E-state index in [9.17, 15) is 4.39 Å². The summed E-state index contributed by atoms with van der Waals surface area (Å²) < 4.78 is 12.7. The van der Waals surface area contributed by atoms with Gasteiger partial charge in [-0.25, -0.2) is 9.37 Å². The van der Waals surface area contributed by atoms with Gasteiger partial charge >= 0.3 is 0 Å². The fourth-order valence-electron chi connectivity index (χ4n) is 0.829. The van der Waals surface area contributed by atoms with E-state index in [0.29, 0.717) is 12.4 Å². The zero-order valence-corrected chi connectivity index (χ0v) is 8.36. The van der Waals surface area contributed by atoms with Gasteiger partial charge in [-0.1, -0.05) is 0 Å². The number of aryl methyl sites for hydroxylation is 1. The molecule has 4 heteroatoms. The van der Waals surface area contributed by atoms with Crippen LogP contribution in [0.1, 0.15) is 5.56 Å². The van der Waals surface area contributed by atoms with E-state index in [0.717, 1.165) is 10.0 Å². The van der Waals surface area contributed by atoms with Crippen molar-refractivity contribution in [2.75, 3.05) is 18.5 Å². The van der Waals surface area contributed by atoms with Crippen LogP contribution in [-0.2, 0) is 0 Å². The minimum absolute atomic E-state index is 0.301. The Morgan fingerprint density at radius 2 is 2.42 bits per heavy atom. The average molecular weight is 233 g/mol. The molecule has 0 aromatic carbocycles. The normalized spacial score (nSPS) is 9.92. The van der Waals surface area contributed by atoms with Gasteiger partial charge < -0.3 is 5.32 Å². The number of alkyl halides is 1. The minimum atomic E-state index is -0.387. The quantitative estimate of drug-likeness (QED) is 0.867. The molecule has 1 rings (SSSR count). The van der Waals surface area contributed by atoms with Crippen LogP contribution in [0.4, 0.5) is 10.2 Å². The van der Waals surface area contributed by atoms with Crippen molar-refractivity contribution in [3.63, 3.8) is 0 Å². The average Bonchev–Trinajstić information content (AvgIpc) is 2.08. The first-order valence-corrected chi connectivity index (χ1v) is 4.46. The van der Waals surface area contributed by atoms with Gasteiger partial charge in [0.15, 0.2) is 0 Å². The Kier molecular flexibility index (Phi) is 3.47. The minimum Gasteiger partial charge on any atom is -0.367 e. The Bertz CT molecular complexity index is 265. The standard InChI is InChI=1S/C8H10BrFN2/c1-6-2-4-11-8(7(6)9)12-5-3-10/h2,4H,3,5H2,1H3,(H,11,12). The maximum atomic E-state index is 11.8. The van der Waals surface area contributed by atoms with Crippen LogP contribution in [0.15, 0.2) is 16.7 Å². The molecule has 0 unspecified atom stereocenters. The van der Waals surface area contributed by atoms with Gasteiger partial charge in [-0.15, -0.1) is 0 Å². The van der Waals surface area contributed by atoms with E-state index in [-0.39, 0.29) is 6.67 Å². The first-order valence-electron chi connectivity index (χ1n) is 3.66. The molecule has 0 fully saturated rings. The number of aromatic nitrogens is 1. The van der Waals surface area contributed by atoms with Crippen molar-refractivity contribution < 1.29 is 4.39 Å². The fourth-order valence-corrected chi connectivity index (χ4v) is 1.20. The summed E-state index contributed by atoms with van der Waals surface area (Å²) in [4.78, 5) is 4.05. The molecular weight excluding hydrogens is 223 g/mol. The third-order valence-corrected chi connectivity index (χ3v) is 2.47. The Labute approximate surface area is 79.3 Å². The zero-order chi connectivity index (χ0) is 8.97. The van der Waals surface area contributed by atoms with Gasteiger partial charge in [0, 0.05) is 12.7 Å². The molecule has 0 radical (unpaired) electrons. The molecule has 0 aliphatic carbocycles. The highest BCUT2D eigenvalue weighted by molar-refractivity contribution is 9.10. The number of nitrogens with zero attached hydrogens (tertiary/aromatic N) is 1. The van der Waals surface area contributed by atoms with Crippen LogP contribution in [0.2, 0.25) is 0 Å². The highest BCUT2D eigenvalue weighted by Crippen LogP contribution is 2.22. The summed E-state index contributed by atoms with van der Waals surface area (Å²) in [6.45, 7) is 1.88. The largest absolute Gasteiger partial charge is 0.367 e. The van der Waals surface area contributed by atoms with Gasteiger partial charge in [-0.3, -0.25) is 0 Å². The topological polar surface area (TPSA) is 24.9 Å². The highest BCUT2D eigenvalue weighted by Gasteiger charge is 2.01. The number of pyridine rings is 1. The van der Waals surface area contributed by atoms with Crippen LogP contribution in [0.5, 0.6) is 0 Å². The van der Waals surface area contributed by atoms with Crippen molar-refractivity contribution in [3.05, 3.63) is 22.3 Å². The summed E-state index contributed by atoms with van der Waals surface area (Å²) in [5.41, 5.74) is 1.09. The van der Waals surface area contributed by atoms with E-state index in [2.05, 4.69) is 26.2 Å². The van der Waals surface area contributed by atoms with Crippen LogP contribution in [0.3, 0.4) is 0 Å². The fraction of sp³-hybridized carbons (Fsp3) is 0.375. The maximum absolute atomic E-state index is 11.8. The Morgan fingerprint density at radius 3 is 3.08 bits per heavy atom. The smallest absolute Gasteiger partial charge is 0.140 e. The van der Waals surface area contributed by atoms with Crippen molar-refractivity contribution in [1.82, 2.24) is 4.98 Å². The first kappa shape index (κ1) is 9.45. The SMILES string of the molecule is Cc1ccnc(NCCF)c1Br. The molecule has 0 aliphatic rings. The zero-order valence-electron chi connectivity index (χ0n) is 6.77. The second kappa shape index (κ2) is 4.40. The summed E-state index contributed by atoms with van der Waals surface area (Å²) in [6, 6.07) is 1.89. The number of nitrogens with one attached hydrogen (secondary N) is 1.